The number of aliphatic imine (C=N–C) groups is 1. The summed E-state index contributed by atoms with van der Waals surface area (Å²) in [5, 5.41) is 7.76. The molecule has 1 saturated heterocycles. The largest absolute Gasteiger partial charge is 0.376 e. The van der Waals surface area contributed by atoms with Gasteiger partial charge in [-0.1, -0.05) is 60.3 Å². The van der Waals surface area contributed by atoms with Gasteiger partial charge >= 0.3 is 0 Å². The maximum Gasteiger partial charge on any atom is 0.230 e. The number of amides is 1. The van der Waals surface area contributed by atoms with Gasteiger partial charge in [0.15, 0.2) is 4.34 Å². The Hall–Kier alpha value is -3.26. The third-order valence-corrected chi connectivity index (χ3v) is 8.55. The van der Waals surface area contributed by atoms with E-state index in [4.69, 9.17) is 9.73 Å². The van der Waals surface area contributed by atoms with Crippen molar-refractivity contribution in [3.63, 3.8) is 0 Å². The lowest BCUT2D eigenvalue weighted by Crippen LogP contribution is -2.32. The Labute approximate surface area is 217 Å². The Balaban J connectivity index is 1.19. The van der Waals surface area contributed by atoms with Crippen molar-refractivity contribution in [2.24, 2.45) is 4.99 Å². The summed E-state index contributed by atoms with van der Waals surface area (Å²) >= 11 is 3.07. The number of carbonyl (C=O) groups is 1. The fourth-order valence-corrected chi connectivity index (χ4v) is 6.50. The number of hydrogen-bond donors (Lipinski definition) is 1. The van der Waals surface area contributed by atoms with Crippen molar-refractivity contribution < 1.29 is 9.53 Å². The van der Waals surface area contributed by atoms with Crippen LogP contribution in [0.25, 0.3) is 31.8 Å². The Morgan fingerprint density at radius 3 is 2.61 bits per heavy atom. The Morgan fingerprint density at radius 1 is 1.08 bits per heavy atom. The van der Waals surface area contributed by atoms with Crippen LogP contribution in [0.2, 0.25) is 0 Å². The van der Waals surface area contributed by atoms with Crippen LogP contribution in [0.15, 0.2) is 82.1 Å². The van der Waals surface area contributed by atoms with Crippen LogP contribution in [0.4, 0.5) is 5.69 Å². The second kappa shape index (κ2) is 10.4. The number of nitrogens with one attached hydrogen (secondary N) is 1. The molecule has 1 aliphatic rings. The smallest absolute Gasteiger partial charge is 0.230 e. The predicted molar refractivity (Wildman–Crippen MR) is 151 cm³/mol. The van der Waals surface area contributed by atoms with Crippen LogP contribution >= 0.6 is 23.1 Å². The molecule has 7 heteroatoms. The lowest BCUT2D eigenvalue weighted by atomic mass is 9.97. The van der Waals surface area contributed by atoms with Gasteiger partial charge in [0.1, 0.15) is 0 Å². The molecule has 180 valence electrons. The SMILES string of the molecule is O=C(CSc1nc2ccc(N=Cc3c4ccccc4cc4ccccc34)cc2s1)NC[C@@H]1CCCO1. The molecule has 36 heavy (non-hydrogen) atoms. The number of thioether (sulfide) groups is 1. The molecule has 0 radical (unpaired) electrons. The normalized spacial score (nSPS) is 15.9. The average molecular weight is 512 g/mol. The zero-order chi connectivity index (χ0) is 24.3. The van der Waals surface area contributed by atoms with Crippen molar-refractivity contribution in [1.82, 2.24) is 10.3 Å². The summed E-state index contributed by atoms with van der Waals surface area (Å²) in [4.78, 5) is 21.8. The molecule has 1 aromatic heterocycles. The first kappa shape index (κ1) is 23.2. The minimum Gasteiger partial charge on any atom is -0.376 e. The summed E-state index contributed by atoms with van der Waals surface area (Å²) in [5.41, 5.74) is 2.93. The first-order valence-electron chi connectivity index (χ1n) is 12.1. The summed E-state index contributed by atoms with van der Waals surface area (Å²) < 4.78 is 7.52. The van der Waals surface area contributed by atoms with Crippen LogP contribution < -0.4 is 5.32 Å². The van der Waals surface area contributed by atoms with Gasteiger partial charge in [0, 0.05) is 24.9 Å². The number of rotatable bonds is 7. The van der Waals surface area contributed by atoms with Crippen LogP contribution in [0.3, 0.4) is 0 Å². The molecule has 1 fully saturated rings. The molecule has 1 N–H and O–H groups in total. The fourth-order valence-electron chi connectivity index (χ4n) is 4.57. The van der Waals surface area contributed by atoms with E-state index in [0.717, 1.165) is 45.3 Å². The van der Waals surface area contributed by atoms with E-state index < -0.39 is 0 Å². The number of carbonyl (C=O) groups excluding carboxylic acids is 1. The van der Waals surface area contributed by atoms with Gasteiger partial charge in [0.05, 0.1) is 27.8 Å². The van der Waals surface area contributed by atoms with E-state index in [1.807, 2.05) is 18.3 Å². The van der Waals surface area contributed by atoms with Gasteiger partial charge < -0.3 is 10.1 Å². The van der Waals surface area contributed by atoms with E-state index in [0.29, 0.717) is 12.3 Å². The molecule has 2 heterocycles. The van der Waals surface area contributed by atoms with Gasteiger partial charge in [0.25, 0.3) is 0 Å². The van der Waals surface area contributed by atoms with E-state index >= 15 is 0 Å². The highest BCUT2D eigenvalue weighted by Gasteiger charge is 2.16. The number of nitrogens with zero attached hydrogens (tertiary/aromatic N) is 2. The van der Waals surface area contributed by atoms with Crippen molar-refractivity contribution in [3.05, 3.63) is 78.4 Å². The van der Waals surface area contributed by atoms with Gasteiger partial charge in [-0.3, -0.25) is 9.79 Å². The molecule has 0 bridgehead atoms. The van der Waals surface area contributed by atoms with Crippen LogP contribution in [-0.2, 0) is 9.53 Å². The summed E-state index contributed by atoms with van der Waals surface area (Å²) in [6, 6.07) is 25.2. The summed E-state index contributed by atoms with van der Waals surface area (Å²) in [7, 11) is 0. The van der Waals surface area contributed by atoms with E-state index in [1.165, 1.54) is 33.3 Å². The highest BCUT2D eigenvalue weighted by Crippen LogP contribution is 2.33. The van der Waals surface area contributed by atoms with Crippen molar-refractivity contribution in [3.8, 4) is 0 Å². The molecular weight excluding hydrogens is 486 g/mol. The lowest BCUT2D eigenvalue weighted by Gasteiger charge is -2.09. The number of fused-ring (bicyclic) bond motifs is 3. The average Bonchev–Trinajstić information content (AvgIpc) is 3.58. The quantitative estimate of drug-likeness (QED) is 0.149. The standard InChI is InChI=1S/C29H25N3O2S2/c33-28(31-16-22-8-5-13-34-22)18-35-29-32-26-12-11-21(15-27(26)36-29)30-17-25-23-9-3-1-6-19(23)14-20-7-2-4-10-24(20)25/h1-4,6-7,9-12,14-15,17,22H,5,8,13,16,18H2,(H,31,33)/t22-/m0/s1. The number of ether oxygens (including phenoxy) is 1. The molecule has 1 atom stereocenters. The van der Waals surface area contributed by atoms with E-state index in [2.05, 4.69) is 71.0 Å². The zero-order valence-electron chi connectivity index (χ0n) is 19.6. The molecular formula is C29H25N3O2S2. The lowest BCUT2D eigenvalue weighted by molar-refractivity contribution is -0.119. The van der Waals surface area contributed by atoms with Crippen LogP contribution in [0, 0.1) is 0 Å². The zero-order valence-corrected chi connectivity index (χ0v) is 21.3. The van der Waals surface area contributed by atoms with Gasteiger partial charge in [-0.25, -0.2) is 4.98 Å². The molecule has 4 aromatic carbocycles. The molecule has 0 spiro atoms. The minimum absolute atomic E-state index is 0.0161. The first-order valence-corrected chi connectivity index (χ1v) is 13.9. The highest BCUT2D eigenvalue weighted by atomic mass is 32.2. The van der Waals surface area contributed by atoms with E-state index in [9.17, 15) is 4.79 Å². The van der Waals surface area contributed by atoms with Crippen LogP contribution in [0.5, 0.6) is 0 Å². The maximum absolute atomic E-state index is 12.2. The predicted octanol–water partition coefficient (Wildman–Crippen LogP) is 6.74. The van der Waals surface area contributed by atoms with Crippen molar-refractivity contribution in [1.29, 1.82) is 0 Å². The van der Waals surface area contributed by atoms with Crippen molar-refractivity contribution in [2.75, 3.05) is 18.9 Å². The van der Waals surface area contributed by atoms with Crippen LogP contribution in [-0.4, -0.2) is 42.1 Å². The maximum atomic E-state index is 12.2. The first-order chi connectivity index (χ1) is 17.7. The molecule has 5 aromatic rings. The second-order valence-electron chi connectivity index (χ2n) is 8.85. The van der Waals surface area contributed by atoms with Crippen LogP contribution in [0.1, 0.15) is 18.4 Å². The fraction of sp³-hybridized carbons (Fsp3) is 0.207. The van der Waals surface area contributed by atoms with Crippen molar-refractivity contribution in [2.45, 2.75) is 23.3 Å². The summed E-state index contributed by atoms with van der Waals surface area (Å²) in [5.74, 6) is 0.369. The molecule has 1 amide bonds. The van der Waals surface area contributed by atoms with E-state index in [-0.39, 0.29) is 12.0 Å². The Morgan fingerprint density at radius 2 is 1.86 bits per heavy atom. The second-order valence-corrected chi connectivity index (χ2v) is 11.1. The molecule has 0 saturated carbocycles. The Kier molecular flexibility index (Phi) is 6.68. The molecule has 1 aliphatic heterocycles. The van der Waals surface area contributed by atoms with Gasteiger partial charge in [0.2, 0.25) is 5.91 Å². The van der Waals surface area contributed by atoms with Gasteiger partial charge in [-0.05, 0) is 58.7 Å². The monoisotopic (exact) mass is 511 g/mol. The van der Waals surface area contributed by atoms with E-state index in [1.54, 1.807) is 11.3 Å². The topological polar surface area (TPSA) is 63.6 Å². The third-order valence-electron chi connectivity index (χ3n) is 6.39. The summed E-state index contributed by atoms with van der Waals surface area (Å²) in [6.07, 6.45) is 4.23. The molecule has 0 unspecified atom stereocenters. The Bertz CT molecular complexity index is 1530. The number of aromatic nitrogens is 1. The highest BCUT2D eigenvalue weighted by molar-refractivity contribution is 8.01. The molecule has 6 rings (SSSR count). The summed E-state index contributed by atoms with van der Waals surface area (Å²) in [6.45, 7) is 1.39. The number of hydrogen-bond acceptors (Lipinski definition) is 6. The van der Waals surface area contributed by atoms with Gasteiger partial charge in [-0.2, -0.15) is 0 Å². The van der Waals surface area contributed by atoms with Gasteiger partial charge in [-0.15, -0.1) is 11.3 Å². The molecule has 5 nitrogen and oxygen atoms in total. The molecule has 0 aliphatic carbocycles. The minimum atomic E-state index is 0.0161. The number of thiazole rings is 1. The van der Waals surface area contributed by atoms with Crippen molar-refractivity contribution >= 4 is 72.7 Å². The third kappa shape index (κ3) is 5.00. The number of benzene rings is 4.